The summed E-state index contributed by atoms with van der Waals surface area (Å²) in [6.07, 6.45) is 0. The summed E-state index contributed by atoms with van der Waals surface area (Å²) in [5, 5.41) is 0.725. The number of hydrogen-bond acceptors (Lipinski definition) is 1. The molecule has 1 nitrogen and oxygen atoms in total. The normalized spacial score (nSPS) is 10.5. The molecule has 2 rings (SSSR count). The molecule has 0 N–H and O–H groups in total. The lowest BCUT2D eigenvalue weighted by molar-refractivity contribution is 0.915. The van der Waals surface area contributed by atoms with Crippen LogP contribution >= 0.6 is 23.2 Å². The lowest BCUT2D eigenvalue weighted by Gasteiger charge is -2.22. The first-order valence-corrected chi connectivity index (χ1v) is 7.12. The maximum absolute atomic E-state index is 6.00. The molecule has 0 amide bonds. The number of hydrogen-bond donors (Lipinski definition) is 0. The van der Waals surface area contributed by atoms with Crippen LogP contribution in [0.15, 0.2) is 42.5 Å². The van der Waals surface area contributed by atoms with Crippen LogP contribution in [0.25, 0.3) is 0 Å². The van der Waals surface area contributed by atoms with E-state index in [1.807, 2.05) is 18.2 Å². The van der Waals surface area contributed by atoms with Gasteiger partial charge in [-0.15, -0.1) is 11.6 Å². The van der Waals surface area contributed by atoms with Crippen molar-refractivity contribution >= 4 is 28.9 Å². The van der Waals surface area contributed by atoms with Gasteiger partial charge in [0.2, 0.25) is 0 Å². The van der Waals surface area contributed by atoms with Crippen LogP contribution in [0.3, 0.4) is 0 Å². The number of benzene rings is 2. The van der Waals surface area contributed by atoms with Gasteiger partial charge in [0.05, 0.1) is 0 Å². The fraction of sp³-hybridized carbons (Fsp3) is 0.250. The van der Waals surface area contributed by atoms with Gasteiger partial charge in [0.1, 0.15) is 0 Å². The zero-order valence-electron chi connectivity index (χ0n) is 11.2. The Labute approximate surface area is 124 Å². The number of alkyl halides is 1. The average molecular weight is 294 g/mol. The SMILES string of the molecule is Cc1ccc(CN(C)c2ccc(Cl)cc2CCl)cc1. The molecule has 0 aliphatic heterocycles. The highest BCUT2D eigenvalue weighted by atomic mass is 35.5. The van der Waals surface area contributed by atoms with E-state index in [4.69, 9.17) is 23.2 Å². The molecule has 0 aliphatic rings. The predicted octanol–water partition coefficient (Wildman–Crippen LogP) is 5.02. The van der Waals surface area contributed by atoms with E-state index >= 15 is 0 Å². The van der Waals surface area contributed by atoms with Gasteiger partial charge in [-0.05, 0) is 36.2 Å². The molecule has 0 saturated heterocycles. The van der Waals surface area contributed by atoms with E-state index in [9.17, 15) is 0 Å². The van der Waals surface area contributed by atoms with Crippen molar-refractivity contribution in [3.63, 3.8) is 0 Å². The first-order valence-electron chi connectivity index (χ1n) is 6.21. The summed E-state index contributed by atoms with van der Waals surface area (Å²) in [5.74, 6) is 0.466. The molecule has 0 aromatic heterocycles. The molecule has 0 bridgehead atoms. The summed E-state index contributed by atoms with van der Waals surface area (Å²) in [6, 6.07) is 14.4. The van der Waals surface area contributed by atoms with E-state index < -0.39 is 0 Å². The van der Waals surface area contributed by atoms with Crippen LogP contribution in [0, 0.1) is 6.92 Å². The van der Waals surface area contributed by atoms with E-state index in [0.29, 0.717) is 5.88 Å². The molecule has 100 valence electrons. The summed E-state index contributed by atoms with van der Waals surface area (Å²) in [5.41, 5.74) is 4.74. The van der Waals surface area contributed by atoms with Gasteiger partial charge < -0.3 is 4.90 Å². The Morgan fingerprint density at radius 3 is 2.37 bits per heavy atom. The second-order valence-corrected chi connectivity index (χ2v) is 5.45. The Bertz CT molecular complexity index is 549. The molecule has 0 radical (unpaired) electrons. The van der Waals surface area contributed by atoms with Crippen molar-refractivity contribution in [3.05, 3.63) is 64.2 Å². The minimum Gasteiger partial charge on any atom is -0.370 e. The molecule has 0 heterocycles. The van der Waals surface area contributed by atoms with Crippen LogP contribution in [0.5, 0.6) is 0 Å². The average Bonchev–Trinajstić information content (AvgIpc) is 2.41. The topological polar surface area (TPSA) is 3.24 Å². The van der Waals surface area contributed by atoms with Gasteiger partial charge in [0.15, 0.2) is 0 Å². The summed E-state index contributed by atoms with van der Waals surface area (Å²) in [4.78, 5) is 2.19. The minimum atomic E-state index is 0.466. The lowest BCUT2D eigenvalue weighted by atomic mass is 10.1. The Kier molecular flexibility index (Phi) is 4.73. The lowest BCUT2D eigenvalue weighted by Crippen LogP contribution is -2.17. The Hall–Kier alpha value is -1.18. The third kappa shape index (κ3) is 3.65. The van der Waals surface area contributed by atoms with Gasteiger partial charge >= 0.3 is 0 Å². The Morgan fingerprint density at radius 1 is 1.05 bits per heavy atom. The number of anilines is 1. The van der Waals surface area contributed by atoms with Gasteiger partial charge in [0.25, 0.3) is 0 Å². The molecule has 3 heteroatoms. The third-order valence-electron chi connectivity index (χ3n) is 3.14. The van der Waals surface area contributed by atoms with Gasteiger partial charge in [-0.2, -0.15) is 0 Å². The van der Waals surface area contributed by atoms with E-state index in [1.165, 1.54) is 11.1 Å². The van der Waals surface area contributed by atoms with E-state index in [0.717, 1.165) is 22.8 Å². The van der Waals surface area contributed by atoms with E-state index in [1.54, 1.807) is 0 Å². The van der Waals surface area contributed by atoms with Crippen molar-refractivity contribution in [1.29, 1.82) is 0 Å². The highest BCUT2D eigenvalue weighted by Gasteiger charge is 2.08. The number of nitrogens with zero attached hydrogens (tertiary/aromatic N) is 1. The maximum Gasteiger partial charge on any atom is 0.0495 e. The maximum atomic E-state index is 6.00. The van der Waals surface area contributed by atoms with Crippen molar-refractivity contribution < 1.29 is 0 Å². The van der Waals surface area contributed by atoms with E-state index in [2.05, 4.69) is 43.1 Å². The molecule has 0 atom stereocenters. The molecule has 0 saturated carbocycles. The fourth-order valence-electron chi connectivity index (χ4n) is 2.09. The van der Waals surface area contributed by atoms with Crippen LogP contribution in [0.2, 0.25) is 5.02 Å². The highest BCUT2D eigenvalue weighted by Crippen LogP contribution is 2.26. The quantitative estimate of drug-likeness (QED) is 0.715. The van der Waals surface area contributed by atoms with Crippen molar-refractivity contribution in [3.8, 4) is 0 Å². The zero-order chi connectivity index (χ0) is 13.8. The van der Waals surface area contributed by atoms with E-state index in [-0.39, 0.29) is 0 Å². The molecule has 0 aliphatic carbocycles. The first kappa shape index (κ1) is 14.2. The van der Waals surface area contributed by atoms with Gasteiger partial charge in [-0.1, -0.05) is 41.4 Å². The second kappa shape index (κ2) is 6.31. The molecule has 2 aromatic rings. The molecular formula is C16H17Cl2N. The predicted molar refractivity (Wildman–Crippen MR) is 84.3 cm³/mol. The molecule has 19 heavy (non-hydrogen) atoms. The molecule has 0 spiro atoms. The van der Waals surface area contributed by atoms with Crippen molar-refractivity contribution in [2.75, 3.05) is 11.9 Å². The summed E-state index contributed by atoms with van der Waals surface area (Å²) in [6.45, 7) is 2.95. The molecule has 0 fully saturated rings. The Balaban J connectivity index is 2.19. The van der Waals surface area contributed by atoms with Gasteiger partial charge in [-0.25, -0.2) is 0 Å². The number of rotatable bonds is 4. The third-order valence-corrected chi connectivity index (χ3v) is 3.66. The van der Waals surface area contributed by atoms with Crippen LogP contribution in [0.4, 0.5) is 5.69 Å². The van der Waals surface area contributed by atoms with Crippen LogP contribution in [0.1, 0.15) is 16.7 Å². The van der Waals surface area contributed by atoms with Crippen molar-refractivity contribution in [2.45, 2.75) is 19.3 Å². The monoisotopic (exact) mass is 293 g/mol. The largest absolute Gasteiger partial charge is 0.370 e. The molecule has 2 aromatic carbocycles. The smallest absolute Gasteiger partial charge is 0.0495 e. The standard InChI is InChI=1S/C16H17Cl2N/c1-12-3-5-13(6-4-12)11-19(2)16-8-7-15(18)9-14(16)10-17/h3-9H,10-11H2,1-2H3. The van der Waals surface area contributed by atoms with Crippen LogP contribution in [-0.4, -0.2) is 7.05 Å². The van der Waals surface area contributed by atoms with Crippen molar-refractivity contribution in [1.82, 2.24) is 0 Å². The fourth-order valence-corrected chi connectivity index (χ4v) is 2.49. The molecule has 0 unspecified atom stereocenters. The van der Waals surface area contributed by atoms with Crippen LogP contribution < -0.4 is 4.90 Å². The Morgan fingerprint density at radius 2 is 1.74 bits per heavy atom. The first-order chi connectivity index (χ1) is 9.10. The summed E-state index contributed by atoms with van der Waals surface area (Å²) in [7, 11) is 2.07. The number of halogens is 2. The van der Waals surface area contributed by atoms with Gasteiger partial charge in [0, 0.05) is 30.2 Å². The minimum absolute atomic E-state index is 0.466. The number of aryl methyl sites for hydroxylation is 1. The summed E-state index contributed by atoms with van der Waals surface area (Å²) >= 11 is 12.0. The summed E-state index contributed by atoms with van der Waals surface area (Å²) < 4.78 is 0. The second-order valence-electron chi connectivity index (χ2n) is 4.75. The van der Waals surface area contributed by atoms with Crippen molar-refractivity contribution in [2.24, 2.45) is 0 Å². The van der Waals surface area contributed by atoms with Crippen LogP contribution in [-0.2, 0) is 12.4 Å². The van der Waals surface area contributed by atoms with Gasteiger partial charge in [-0.3, -0.25) is 0 Å². The zero-order valence-corrected chi connectivity index (χ0v) is 12.7. The highest BCUT2D eigenvalue weighted by molar-refractivity contribution is 6.30. The molecular weight excluding hydrogens is 277 g/mol.